The Morgan fingerprint density at radius 1 is 1.11 bits per heavy atom. The van der Waals surface area contributed by atoms with Gasteiger partial charge in [-0.25, -0.2) is 4.79 Å². The number of amides is 2. The van der Waals surface area contributed by atoms with Crippen LogP contribution in [0.5, 0.6) is 11.5 Å². The molecule has 0 spiro atoms. The molecule has 36 heavy (non-hydrogen) atoms. The van der Waals surface area contributed by atoms with E-state index in [-0.39, 0.29) is 23.1 Å². The van der Waals surface area contributed by atoms with Gasteiger partial charge in [-0.05, 0) is 72.2 Å². The lowest BCUT2D eigenvalue weighted by Crippen LogP contribution is -2.54. The molecular weight excluding hydrogens is 484 g/mol. The van der Waals surface area contributed by atoms with E-state index in [0.29, 0.717) is 28.5 Å². The van der Waals surface area contributed by atoms with Crippen LogP contribution in [0.15, 0.2) is 64.6 Å². The first-order valence-electron chi connectivity index (χ1n) is 10.9. The number of benzene rings is 2. The number of carbonyl (C=O) groups is 3. The zero-order chi connectivity index (χ0) is 25.8. The van der Waals surface area contributed by atoms with E-state index in [1.807, 2.05) is 19.1 Å². The molecule has 2 heterocycles. The van der Waals surface area contributed by atoms with Gasteiger partial charge in [0.25, 0.3) is 11.8 Å². The molecule has 0 bridgehead atoms. The fraction of sp³-hybridized carbons (Fsp3) is 0.154. The van der Waals surface area contributed by atoms with Crippen molar-refractivity contribution in [1.29, 1.82) is 0 Å². The summed E-state index contributed by atoms with van der Waals surface area (Å²) < 4.78 is 16.3. The van der Waals surface area contributed by atoms with E-state index in [2.05, 4.69) is 5.32 Å². The summed E-state index contributed by atoms with van der Waals surface area (Å²) in [6.07, 6.45) is 2.30. The molecule has 184 valence electrons. The molecule has 1 aromatic heterocycles. The Morgan fingerprint density at radius 2 is 1.86 bits per heavy atom. The molecular formula is C26H22N2O7S. The molecule has 0 aliphatic carbocycles. The molecule has 2 aromatic carbocycles. The third-order valence-corrected chi connectivity index (χ3v) is 5.73. The molecule has 0 atom stereocenters. The lowest BCUT2D eigenvalue weighted by Gasteiger charge is -2.29. The maximum atomic E-state index is 13.2. The van der Waals surface area contributed by atoms with Crippen LogP contribution in [0.2, 0.25) is 0 Å². The van der Waals surface area contributed by atoms with E-state index in [4.69, 9.17) is 31.2 Å². The molecule has 3 aromatic rings. The average Bonchev–Trinajstić information content (AvgIpc) is 3.35. The number of furan rings is 1. The first-order chi connectivity index (χ1) is 17.3. The third kappa shape index (κ3) is 5.13. The zero-order valence-corrected chi connectivity index (χ0v) is 20.3. The Balaban J connectivity index is 1.56. The van der Waals surface area contributed by atoms with Gasteiger partial charge in [-0.2, -0.15) is 0 Å². The number of aromatic carboxylic acids is 1. The van der Waals surface area contributed by atoms with Gasteiger partial charge < -0.3 is 19.0 Å². The van der Waals surface area contributed by atoms with Gasteiger partial charge in [-0.1, -0.05) is 25.1 Å². The Kier molecular flexibility index (Phi) is 7.16. The third-order valence-electron chi connectivity index (χ3n) is 5.45. The van der Waals surface area contributed by atoms with Crippen molar-refractivity contribution in [3.63, 3.8) is 0 Å². The smallest absolute Gasteiger partial charge is 0.371 e. The van der Waals surface area contributed by atoms with Crippen molar-refractivity contribution >= 4 is 46.9 Å². The number of thiocarbonyl (C=S) groups is 1. The molecule has 1 saturated heterocycles. The summed E-state index contributed by atoms with van der Waals surface area (Å²) in [7, 11) is 1.45. The van der Waals surface area contributed by atoms with Crippen molar-refractivity contribution in [2.24, 2.45) is 0 Å². The van der Waals surface area contributed by atoms with Gasteiger partial charge in [-0.3, -0.25) is 19.8 Å². The molecule has 1 fully saturated rings. The van der Waals surface area contributed by atoms with Crippen LogP contribution < -0.4 is 19.7 Å². The fourth-order valence-corrected chi connectivity index (χ4v) is 3.83. The number of anilines is 1. The highest BCUT2D eigenvalue weighted by atomic mass is 32.1. The number of methoxy groups -OCH3 is 1. The number of carbonyl (C=O) groups excluding carboxylic acids is 2. The Labute approximate surface area is 211 Å². The van der Waals surface area contributed by atoms with Crippen molar-refractivity contribution in [3.8, 4) is 11.5 Å². The first-order valence-corrected chi connectivity index (χ1v) is 11.3. The molecule has 2 N–H and O–H groups in total. The van der Waals surface area contributed by atoms with Crippen LogP contribution in [0, 0.1) is 0 Å². The summed E-state index contributed by atoms with van der Waals surface area (Å²) in [6, 6.07) is 15.1. The number of aryl methyl sites for hydroxylation is 1. The Hall–Kier alpha value is -4.44. The quantitative estimate of drug-likeness (QED) is 0.268. The number of nitrogens with one attached hydrogen (secondary N) is 1. The number of rotatable bonds is 8. The van der Waals surface area contributed by atoms with Crippen LogP contribution in [-0.2, 0) is 22.6 Å². The number of ether oxygens (including phenoxy) is 2. The Morgan fingerprint density at radius 3 is 2.50 bits per heavy atom. The lowest BCUT2D eigenvalue weighted by molar-refractivity contribution is -0.122. The topological polar surface area (TPSA) is 118 Å². The second-order valence-electron chi connectivity index (χ2n) is 7.75. The van der Waals surface area contributed by atoms with Gasteiger partial charge in [0.1, 0.15) is 17.9 Å². The number of nitrogens with zero attached hydrogens (tertiary/aromatic N) is 1. The maximum Gasteiger partial charge on any atom is 0.371 e. The zero-order valence-electron chi connectivity index (χ0n) is 19.4. The summed E-state index contributed by atoms with van der Waals surface area (Å²) in [6.45, 7) is 2.01. The lowest BCUT2D eigenvalue weighted by atomic mass is 10.1. The molecule has 1 aliphatic heterocycles. The molecule has 10 heteroatoms. The highest BCUT2D eigenvalue weighted by molar-refractivity contribution is 7.80. The van der Waals surface area contributed by atoms with Crippen molar-refractivity contribution in [3.05, 3.63) is 82.8 Å². The average molecular weight is 507 g/mol. The molecule has 0 radical (unpaired) electrons. The van der Waals surface area contributed by atoms with Crippen LogP contribution in [0.3, 0.4) is 0 Å². The second-order valence-corrected chi connectivity index (χ2v) is 8.13. The van der Waals surface area contributed by atoms with Gasteiger partial charge in [0.2, 0.25) is 5.76 Å². The van der Waals surface area contributed by atoms with E-state index < -0.39 is 17.8 Å². The van der Waals surface area contributed by atoms with Gasteiger partial charge in [0.05, 0.1) is 12.8 Å². The first kappa shape index (κ1) is 24.7. The van der Waals surface area contributed by atoms with Gasteiger partial charge in [0, 0.05) is 0 Å². The highest BCUT2D eigenvalue weighted by Crippen LogP contribution is 2.31. The number of carboxylic acids is 1. The van der Waals surface area contributed by atoms with Crippen molar-refractivity contribution in [2.45, 2.75) is 20.0 Å². The van der Waals surface area contributed by atoms with Gasteiger partial charge in [-0.15, -0.1) is 0 Å². The van der Waals surface area contributed by atoms with E-state index in [0.717, 1.165) is 12.0 Å². The molecule has 1 aliphatic rings. The van der Waals surface area contributed by atoms with E-state index in [9.17, 15) is 14.4 Å². The summed E-state index contributed by atoms with van der Waals surface area (Å²) in [5.74, 6) is -1.46. The van der Waals surface area contributed by atoms with Crippen molar-refractivity contribution in [2.75, 3.05) is 12.0 Å². The molecule has 2 amide bonds. The van der Waals surface area contributed by atoms with Gasteiger partial charge >= 0.3 is 5.97 Å². The van der Waals surface area contributed by atoms with Crippen molar-refractivity contribution in [1.82, 2.24) is 5.32 Å². The maximum absolute atomic E-state index is 13.2. The molecule has 0 saturated carbocycles. The van der Waals surface area contributed by atoms with Crippen LogP contribution in [0.1, 0.15) is 34.4 Å². The minimum Gasteiger partial charge on any atom is -0.493 e. The summed E-state index contributed by atoms with van der Waals surface area (Å²) in [4.78, 5) is 38.1. The van der Waals surface area contributed by atoms with Crippen LogP contribution in [-0.4, -0.2) is 35.1 Å². The standard InChI is InChI=1S/C26H22N2O7S/c1-3-15-4-7-17(8-5-15)28-24(30)19(23(29)27-26(28)36)12-16-6-10-20(22(13-16)33-2)34-14-18-9-11-21(35-18)25(31)32/h4-13H,3,14H2,1-2H3,(H,31,32)(H,27,29,36)/b19-12+. The van der Waals surface area contributed by atoms with Crippen LogP contribution >= 0.6 is 12.2 Å². The molecule has 9 nitrogen and oxygen atoms in total. The number of carboxylic acid groups (broad SMARTS) is 1. The SMILES string of the molecule is CCc1ccc(N2C(=O)/C(=C/c3ccc(OCc4ccc(C(=O)O)o4)c(OC)c3)C(=O)NC2=S)cc1. The van der Waals surface area contributed by atoms with E-state index in [1.165, 1.54) is 30.2 Å². The van der Waals surface area contributed by atoms with Crippen LogP contribution in [0.4, 0.5) is 5.69 Å². The summed E-state index contributed by atoms with van der Waals surface area (Å²) in [5, 5.41) is 11.5. The molecule has 0 unspecified atom stereocenters. The Bertz CT molecular complexity index is 1380. The summed E-state index contributed by atoms with van der Waals surface area (Å²) in [5.41, 5.74) is 2.10. The van der Waals surface area contributed by atoms with E-state index >= 15 is 0 Å². The molecule has 4 rings (SSSR count). The predicted octanol–water partition coefficient (Wildman–Crippen LogP) is 3.96. The van der Waals surface area contributed by atoms with Crippen molar-refractivity contribution < 1.29 is 33.4 Å². The minimum absolute atomic E-state index is 0.0108. The van der Waals surface area contributed by atoms with Crippen LogP contribution in [0.25, 0.3) is 6.08 Å². The largest absolute Gasteiger partial charge is 0.493 e. The van der Waals surface area contributed by atoms with Gasteiger partial charge in [0.15, 0.2) is 16.6 Å². The number of hydrogen-bond acceptors (Lipinski definition) is 7. The fourth-order valence-electron chi connectivity index (χ4n) is 3.55. The number of hydrogen-bond donors (Lipinski definition) is 2. The normalized spacial score (nSPS) is 14.7. The summed E-state index contributed by atoms with van der Waals surface area (Å²) >= 11 is 5.25. The highest BCUT2D eigenvalue weighted by Gasteiger charge is 2.34. The monoisotopic (exact) mass is 506 g/mol. The van der Waals surface area contributed by atoms with E-state index in [1.54, 1.807) is 30.3 Å². The minimum atomic E-state index is -1.17. The predicted molar refractivity (Wildman–Crippen MR) is 135 cm³/mol. The second kappa shape index (κ2) is 10.4.